The first-order chi connectivity index (χ1) is 17.3. The Morgan fingerprint density at radius 1 is 1.14 bits per heavy atom. The molecule has 5 rings (SSSR count). The molecular weight excluding hydrogens is 513 g/mol. The average molecular weight is 534 g/mol. The van der Waals surface area contributed by atoms with Crippen molar-refractivity contribution in [1.82, 2.24) is 19.1 Å². The summed E-state index contributed by atoms with van der Waals surface area (Å²) in [6.07, 6.45) is 10.4. The van der Waals surface area contributed by atoms with Gasteiger partial charge in [-0.05, 0) is 36.4 Å². The zero-order chi connectivity index (χ0) is 25.5. The zero-order valence-corrected chi connectivity index (χ0v) is 20.2. The number of rotatable bonds is 7. The maximum atomic E-state index is 8.36. The summed E-state index contributed by atoms with van der Waals surface area (Å²) in [5.41, 5.74) is 1.72. The first-order valence-corrected chi connectivity index (χ1v) is 11.4. The van der Waals surface area contributed by atoms with E-state index in [-0.39, 0.29) is 6.10 Å². The third-order valence-electron chi connectivity index (χ3n) is 5.23. The maximum absolute atomic E-state index is 8.36. The van der Waals surface area contributed by atoms with Gasteiger partial charge < -0.3 is 28.6 Å². The van der Waals surface area contributed by atoms with E-state index in [0.29, 0.717) is 35.4 Å². The summed E-state index contributed by atoms with van der Waals surface area (Å²) in [5.74, 6) is -0.323. The molecule has 1 N–H and O–H groups in total. The van der Waals surface area contributed by atoms with Crippen molar-refractivity contribution in [2.75, 3.05) is 13.2 Å². The van der Waals surface area contributed by atoms with Gasteiger partial charge in [0.1, 0.15) is 18.5 Å². The third-order valence-corrected chi connectivity index (χ3v) is 5.77. The molecule has 2 aromatic carbocycles. The van der Waals surface area contributed by atoms with Crippen LogP contribution in [0.5, 0.6) is 5.75 Å². The number of ether oxygens (including phenoxy) is 3. The van der Waals surface area contributed by atoms with Crippen molar-refractivity contribution in [2.24, 2.45) is 0 Å². The van der Waals surface area contributed by atoms with Crippen LogP contribution in [0.4, 0.5) is 0 Å². The molecule has 1 fully saturated rings. The fourth-order valence-corrected chi connectivity index (χ4v) is 4.24. The van der Waals surface area contributed by atoms with Crippen LogP contribution in [0.25, 0.3) is 5.69 Å². The molecule has 0 bridgehead atoms. The molecule has 13 heteroatoms. The summed E-state index contributed by atoms with van der Waals surface area (Å²) in [6, 6.07) is 13.1. The van der Waals surface area contributed by atoms with Crippen molar-refractivity contribution in [3.05, 3.63) is 106 Å². The van der Waals surface area contributed by atoms with E-state index in [9.17, 15) is 0 Å². The van der Waals surface area contributed by atoms with Crippen LogP contribution >= 0.6 is 23.2 Å². The largest absolute Gasteiger partial charge is 0.491 e. The topological polar surface area (TPSA) is 127 Å². The van der Waals surface area contributed by atoms with Crippen LogP contribution in [0.2, 0.25) is 10.0 Å². The Morgan fingerprint density at radius 3 is 2.50 bits per heavy atom. The fourth-order valence-electron chi connectivity index (χ4n) is 3.69. The Balaban J connectivity index is 0.000000709. The molecule has 11 nitrogen and oxygen atoms in total. The number of nitrogens with zero attached hydrogens (tertiary/aromatic N) is 5. The van der Waals surface area contributed by atoms with E-state index in [1.807, 2.05) is 51.9 Å². The second-order valence-electron chi connectivity index (χ2n) is 7.68. The van der Waals surface area contributed by atoms with Gasteiger partial charge in [-0.1, -0.05) is 29.3 Å². The normalized spacial score (nSPS) is 18.9. The Labute approximate surface area is 215 Å². The molecule has 188 valence electrons. The number of hydrogen-bond donors (Lipinski definition) is 1. The molecule has 1 saturated heterocycles. The number of aromatic nitrogens is 4. The molecule has 3 heterocycles. The predicted octanol–water partition coefficient (Wildman–Crippen LogP) is 4.38. The van der Waals surface area contributed by atoms with Crippen molar-refractivity contribution < 1.29 is 24.5 Å². The lowest BCUT2D eigenvalue weighted by molar-refractivity contribution is -0.742. The fraction of sp³-hybridized carbons (Fsp3) is 0.217. The second-order valence-corrected chi connectivity index (χ2v) is 8.52. The summed E-state index contributed by atoms with van der Waals surface area (Å²) in [5, 5.41) is 14.7. The SMILES string of the molecule is Clc1ccc([C@]2(Cn3ccnc3)OC[C@@H](COc3ccc(-n4ccnc4)cc3)O2)c(Cl)c1.O=[N+]([O-])O. The van der Waals surface area contributed by atoms with Gasteiger partial charge in [0.15, 0.2) is 0 Å². The molecule has 36 heavy (non-hydrogen) atoms. The Hall–Kier alpha value is -3.64. The molecular formula is C23H21Cl2N5O6. The Morgan fingerprint density at radius 2 is 1.86 bits per heavy atom. The van der Waals surface area contributed by atoms with Crippen LogP contribution in [0, 0.1) is 10.1 Å². The lowest BCUT2D eigenvalue weighted by Crippen LogP contribution is -2.34. The molecule has 0 aliphatic carbocycles. The standard InChI is InChI=1S/C23H20Cl2N4O3.HNO3/c24-17-1-6-21(22(25)11-17)23(14-28-9-7-26-15-28)31-13-20(32-23)12-30-19-4-2-18(3-5-19)29-10-8-27-16-29;2-1(3)4/h1-11,15-16,20H,12-14H2;(H,2,3,4)/t20-,23-;/m1./s1. The minimum Gasteiger partial charge on any atom is -0.491 e. The molecule has 0 unspecified atom stereocenters. The van der Waals surface area contributed by atoms with Gasteiger partial charge in [-0.2, -0.15) is 0 Å². The molecule has 4 aromatic rings. The molecule has 1 aliphatic heterocycles. The van der Waals surface area contributed by atoms with E-state index in [4.69, 9.17) is 52.7 Å². The molecule has 1 aliphatic rings. The number of halogens is 2. The summed E-state index contributed by atoms with van der Waals surface area (Å²) < 4.78 is 22.4. The molecule has 0 spiro atoms. The van der Waals surface area contributed by atoms with Gasteiger partial charge >= 0.3 is 0 Å². The monoisotopic (exact) mass is 533 g/mol. The summed E-state index contributed by atoms with van der Waals surface area (Å²) >= 11 is 12.6. The van der Waals surface area contributed by atoms with Crippen molar-refractivity contribution in [2.45, 2.75) is 18.4 Å². The highest BCUT2D eigenvalue weighted by Gasteiger charge is 2.45. The van der Waals surface area contributed by atoms with Crippen molar-refractivity contribution in [1.29, 1.82) is 0 Å². The maximum Gasteiger partial charge on any atom is 0.291 e. The van der Waals surface area contributed by atoms with Gasteiger partial charge in [0.2, 0.25) is 5.79 Å². The van der Waals surface area contributed by atoms with Gasteiger partial charge in [-0.15, -0.1) is 10.1 Å². The quantitative estimate of drug-likeness (QED) is 0.274. The van der Waals surface area contributed by atoms with Crippen molar-refractivity contribution >= 4 is 23.2 Å². The van der Waals surface area contributed by atoms with E-state index in [2.05, 4.69) is 9.97 Å². The zero-order valence-electron chi connectivity index (χ0n) is 18.7. The van der Waals surface area contributed by atoms with Crippen LogP contribution in [-0.2, 0) is 21.8 Å². The highest BCUT2D eigenvalue weighted by atomic mass is 35.5. The lowest BCUT2D eigenvalue weighted by Gasteiger charge is -2.30. The highest BCUT2D eigenvalue weighted by Crippen LogP contribution is 2.40. The third kappa shape index (κ3) is 6.32. The number of benzene rings is 2. The van der Waals surface area contributed by atoms with E-state index in [1.54, 1.807) is 37.2 Å². The minimum atomic E-state index is -1.50. The summed E-state index contributed by atoms with van der Waals surface area (Å²) in [4.78, 5) is 16.5. The summed E-state index contributed by atoms with van der Waals surface area (Å²) in [7, 11) is 0. The first kappa shape index (κ1) is 25.5. The van der Waals surface area contributed by atoms with Gasteiger partial charge in [0, 0.05) is 41.1 Å². The van der Waals surface area contributed by atoms with Gasteiger partial charge in [-0.3, -0.25) is 0 Å². The van der Waals surface area contributed by atoms with Crippen LogP contribution in [0.15, 0.2) is 79.9 Å². The van der Waals surface area contributed by atoms with Gasteiger partial charge in [0.05, 0.1) is 30.8 Å². The second kappa shape index (κ2) is 11.4. The number of imidazole rings is 2. The number of hydrogen-bond acceptors (Lipinski definition) is 7. The molecule has 0 radical (unpaired) electrons. The highest BCUT2D eigenvalue weighted by molar-refractivity contribution is 6.35. The molecule has 2 atom stereocenters. The van der Waals surface area contributed by atoms with Crippen molar-refractivity contribution in [3.63, 3.8) is 0 Å². The van der Waals surface area contributed by atoms with Gasteiger partial charge in [-0.25, -0.2) is 9.97 Å². The van der Waals surface area contributed by atoms with E-state index < -0.39 is 10.9 Å². The van der Waals surface area contributed by atoms with E-state index >= 15 is 0 Å². The van der Waals surface area contributed by atoms with E-state index in [0.717, 1.165) is 11.4 Å². The van der Waals surface area contributed by atoms with Crippen LogP contribution in [0.3, 0.4) is 0 Å². The molecule has 0 saturated carbocycles. The van der Waals surface area contributed by atoms with Crippen LogP contribution < -0.4 is 4.74 Å². The molecule has 0 amide bonds. The Bertz CT molecular complexity index is 1270. The minimum absolute atomic E-state index is 0.279. The lowest BCUT2D eigenvalue weighted by atomic mass is 10.1. The van der Waals surface area contributed by atoms with Crippen LogP contribution in [0.1, 0.15) is 5.56 Å². The Kier molecular flexibility index (Phi) is 8.06. The summed E-state index contributed by atoms with van der Waals surface area (Å²) in [6.45, 7) is 1.09. The smallest absolute Gasteiger partial charge is 0.291 e. The van der Waals surface area contributed by atoms with Gasteiger partial charge in [0.25, 0.3) is 5.09 Å². The first-order valence-electron chi connectivity index (χ1n) is 10.6. The van der Waals surface area contributed by atoms with E-state index in [1.165, 1.54) is 0 Å². The predicted molar refractivity (Wildman–Crippen MR) is 129 cm³/mol. The van der Waals surface area contributed by atoms with Crippen LogP contribution in [-0.4, -0.2) is 48.7 Å². The molecule has 2 aromatic heterocycles. The van der Waals surface area contributed by atoms with Crippen molar-refractivity contribution in [3.8, 4) is 11.4 Å². The average Bonchev–Trinajstić information content (AvgIpc) is 3.61.